The molecule has 1 saturated heterocycles. The lowest BCUT2D eigenvalue weighted by Gasteiger charge is -2.47. The van der Waals surface area contributed by atoms with Gasteiger partial charge in [0.25, 0.3) is 0 Å². The van der Waals surface area contributed by atoms with Crippen LogP contribution < -0.4 is 5.32 Å². The van der Waals surface area contributed by atoms with Gasteiger partial charge < -0.3 is 10.1 Å². The maximum Gasteiger partial charge on any atom is 0.0594 e. The highest BCUT2D eigenvalue weighted by Gasteiger charge is 2.38. The van der Waals surface area contributed by atoms with Gasteiger partial charge in [0.1, 0.15) is 0 Å². The molecule has 1 aliphatic heterocycles. The van der Waals surface area contributed by atoms with Crippen molar-refractivity contribution >= 4 is 0 Å². The van der Waals surface area contributed by atoms with E-state index in [1.54, 1.807) is 0 Å². The Balaban J connectivity index is 2.02. The molecule has 1 heterocycles. The lowest BCUT2D eigenvalue weighted by atomic mass is 9.69. The lowest BCUT2D eigenvalue weighted by molar-refractivity contribution is -0.0155. The molecule has 106 valence electrons. The van der Waals surface area contributed by atoms with Crippen molar-refractivity contribution in [3.8, 4) is 0 Å². The van der Waals surface area contributed by atoms with E-state index < -0.39 is 0 Å². The average Bonchev–Trinajstić information content (AvgIpc) is 2.38. The van der Waals surface area contributed by atoms with Gasteiger partial charge in [-0.2, -0.15) is 0 Å². The smallest absolute Gasteiger partial charge is 0.0594 e. The number of morpholine rings is 1. The first kappa shape index (κ1) is 14.3. The average molecular weight is 254 g/mol. The molecule has 0 aromatic rings. The Labute approximate surface area is 112 Å². The van der Waals surface area contributed by atoms with E-state index in [2.05, 4.69) is 38.0 Å². The largest absolute Gasteiger partial charge is 0.379 e. The molecule has 2 rings (SSSR count). The first-order valence-electron chi connectivity index (χ1n) is 7.51. The minimum Gasteiger partial charge on any atom is -0.379 e. The summed E-state index contributed by atoms with van der Waals surface area (Å²) in [5.74, 6) is 0.856. The van der Waals surface area contributed by atoms with Crippen molar-refractivity contribution in [1.29, 1.82) is 0 Å². The van der Waals surface area contributed by atoms with Gasteiger partial charge in [0.2, 0.25) is 0 Å². The second kappa shape index (κ2) is 5.89. The molecule has 1 aliphatic carbocycles. The van der Waals surface area contributed by atoms with Gasteiger partial charge >= 0.3 is 0 Å². The summed E-state index contributed by atoms with van der Waals surface area (Å²) in [6.07, 6.45) is 4.03. The van der Waals surface area contributed by atoms with E-state index in [-0.39, 0.29) is 0 Å². The van der Waals surface area contributed by atoms with Gasteiger partial charge in [0.15, 0.2) is 0 Å². The zero-order chi connectivity index (χ0) is 13.2. The molecule has 3 unspecified atom stereocenters. The summed E-state index contributed by atoms with van der Waals surface area (Å²) in [4.78, 5) is 2.66. The number of nitrogens with zero attached hydrogens (tertiary/aromatic N) is 1. The summed E-state index contributed by atoms with van der Waals surface area (Å²) in [6, 6.07) is 1.37. The molecule has 0 aromatic carbocycles. The van der Waals surface area contributed by atoms with Gasteiger partial charge in [-0.1, -0.05) is 20.8 Å². The molecular weight excluding hydrogens is 224 g/mol. The molecule has 3 atom stereocenters. The quantitative estimate of drug-likeness (QED) is 0.817. The summed E-state index contributed by atoms with van der Waals surface area (Å²) < 4.78 is 5.49. The predicted octanol–water partition coefficient (Wildman–Crippen LogP) is 2.12. The summed E-state index contributed by atoms with van der Waals surface area (Å²) in [5, 5.41) is 3.54. The molecule has 0 spiro atoms. The first-order chi connectivity index (χ1) is 8.52. The number of ether oxygens (including phenoxy) is 1. The molecule has 1 N–H and O–H groups in total. The fourth-order valence-corrected chi connectivity index (χ4v) is 3.58. The Morgan fingerprint density at radius 3 is 2.33 bits per heavy atom. The summed E-state index contributed by atoms with van der Waals surface area (Å²) in [7, 11) is 2.12. The number of hydrogen-bond acceptors (Lipinski definition) is 3. The molecule has 0 amide bonds. The lowest BCUT2D eigenvalue weighted by Crippen LogP contribution is -2.56. The first-order valence-corrected chi connectivity index (χ1v) is 7.51. The van der Waals surface area contributed by atoms with E-state index in [1.165, 1.54) is 19.3 Å². The summed E-state index contributed by atoms with van der Waals surface area (Å²) >= 11 is 0. The predicted molar refractivity (Wildman–Crippen MR) is 75.8 cm³/mol. The third-order valence-corrected chi connectivity index (χ3v) is 4.93. The van der Waals surface area contributed by atoms with E-state index >= 15 is 0 Å². The van der Waals surface area contributed by atoms with Crippen molar-refractivity contribution in [2.24, 2.45) is 11.3 Å². The number of hydrogen-bond donors (Lipinski definition) is 1. The highest BCUT2D eigenvalue weighted by molar-refractivity contribution is 4.94. The molecule has 0 bridgehead atoms. The maximum atomic E-state index is 5.49. The van der Waals surface area contributed by atoms with Crippen LogP contribution in [0.4, 0.5) is 0 Å². The van der Waals surface area contributed by atoms with Gasteiger partial charge in [-0.05, 0) is 37.6 Å². The van der Waals surface area contributed by atoms with Crippen molar-refractivity contribution in [3.63, 3.8) is 0 Å². The van der Waals surface area contributed by atoms with Crippen molar-refractivity contribution in [2.45, 2.75) is 52.1 Å². The molecule has 0 aromatic heterocycles. The molecule has 2 fully saturated rings. The Hall–Kier alpha value is -0.120. The van der Waals surface area contributed by atoms with Gasteiger partial charge in [-0.15, -0.1) is 0 Å². The zero-order valence-corrected chi connectivity index (χ0v) is 12.5. The van der Waals surface area contributed by atoms with Crippen LogP contribution in [0.1, 0.15) is 40.0 Å². The molecule has 1 saturated carbocycles. The minimum absolute atomic E-state index is 0.448. The standard InChI is InChI=1S/C15H30N2O/c1-15(2,3)12-5-6-13(16-4)14(11-12)17-7-9-18-10-8-17/h12-14,16H,5-11H2,1-4H3. The molecule has 2 aliphatic rings. The number of nitrogens with one attached hydrogen (secondary N) is 1. The molecular formula is C15H30N2O. The fourth-order valence-electron chi connectivity index (χ4n) is 3.58. The van der Waals surface area contributed by atoms with E-state index in [4.69, 9.17) is 4.74 Å². The van der Waals surface area contributed by atoms with Crippen LogP contribution in [-0.2, 0) is 4.74 Å². The second-order valence-electron chi connectivity index (χ2n) is 6.99. The highest BCUT2D eigenvalue weighted by atomic mass is 16.5. The molecule has 3 heteroatoms. The Kier molecular flexibility index (Phi) is 4.68. The van der Waals surface area contributed by atoms with Crippen LogP contribution in [0.5, 0.6) is 0 Å². The second-order valence-corrected chi connectivity index (χ2v) is 6.99. The van der Waals surface area contributed by atoms with Gasteiger partial charge in [0.05, 0.1) is 13.2 Å². The molecule has 0 radical (unpaired) electrons. The van der Waals surface area contributed by atoms with Crippen LogP contribution in [0, 0.1) is 11.3 Å². The number of rotatable bonds is 2. The Morgan fingerprint density at radius 2 is 1.78 bits per heavy atom. The van der Waals surface area contributed by atoms with Crippen LogP contribution in [0.15, 0.2) is 0 Å². The normalized spacial score (nSPS) is 35.7. The minimum atomic E-state index is 0.448. The maximum absolute atomic E-state index is 5.49. The summed E-state index contributed by atoms with van der Waals surface area (Å²) in [5.41, 5.74) is 0.448. The molecule has 3 nitrogen and oxygen atoms in total. The van der Waals surface area contributed by atoms with Crippen LogP contribution in [-0.4, -0.2) is 50.3 Å². The van der Waals surface area contributed by atoms with Gasteiger partial charge in [-0.3, -0.25) is 4.90 Å². The Bertz CT molecular complexity index is 256. The van der Waals surface area contributed by atoms with Crippen molar-refractivity contribution in [2.75, 3.05) is 33.4 Å². The SMILES string of the molecule is CNC1CCC(C(C)(C)C)CC1N1CCOCC1. The van der Waals surface area contributed by atoms with Crippen LogP contribution >= 0.6 is 0 Å². The molecule has 18 heavy (non-hydrogen) atoms. The van der Waals surface area contributed by atoms with E-state index in [0.29, 0.717) is 17.5 Å². The van der Waals surface area contributed by atoms with Crippen molar-refractivity contribution in [1.82, 2.24) is 10.2 Å². The van der Waals surface area contributed by atoms with E-state index in [9.17, 15) is 0 Å². The fraction of sp³-hybridized carbons (Fsp3) is 1.00. The van der Waals surface area contributed by atoms with Crippen LogP contribution in [0.25, 0.3) is 0 Å². The van der Waals surface area contributed by atoms with Crippen molar-refractivity contribution in [3.05, 3.63) is 0 Å². The zero-order valence-electron chi connectivity index (χ0n) is 12.5. The Morgan fingerprint density at radius 1 is 1.11 bits per heavy atom. The highest BCUT2D eigenvalue weighted by Crippen LogP contribution is 2.39. The monoisotopic (exact) mass is 254 g/mol. The van der Waals surface area contributed by atoms with E-state index in [0.717, 1.165) is 32.2 Å². The third kappa shape index (κ3) is 3.25. The van der Waals surface area contributed by atoms with Crippen molar-refractivity contribution < 1.29 is 4.74 Å². The van der Waals surface area contributed by atoms with Gasteiger partial charge in [0, 0.05) is 25.2 Å². The van der Waals surface area contributed by atoms with E-state index in [1.807, 2.05) is 0 Å². The topological polar surface area (TPSA) is 24.5 Å². The van der Waals surface area contributed by atoms with Gasteiger partial charge in [-0.25, -0.2) is 0 Å². The van der Waals surface area contributed by atoms with Crippen LogP contribution in [0.2, 0.25) is 0 Å². The summed E-state index contributed by atoms with van der Waals surface area (Å²) in [6.45, 7) is 11.2. The number of likely N-dealkylation sites (N-methyl/N-ethyl adjacent to an activating group) is 1. The third-order valence-electron chi connectivity index (χ3n) is 4.93. The van der Waals surface area contributed by atoms with Crippen LogP contribution in [0.3, 0.4) is 0 Å².